The molecule has 0 radical (unpaired) electrons. The lowest BCUT2D eigenvalue weighted by molar-refractivity contribution is -0.138. The molecule has 136 valence electrons. The van der Waals surface area contributed by atoms with E-state index in [1.54, 1.807) is 37.2 Å². The summed E-state index contributed by atoms with van der Waals surface area (Å²) in [6.07, 6.45) is 1.01. The summed E-state index contributed by atoms with van der Waals surface area (Å²) in [5, 5.41) is 5.62. The number of amides is 1. The van der Waals surface area contributed by atoms with Crippen molar-refractivity contribution in [2.24, 2.45) is 0 Å². The number of nitrogens with zero attached hydrogens (tertiary/aromatic N) is 1. The number of likely N-dealkylation sites (N-methyl/N-ethyl adjacent to an activating group) is 1. The van der Waals surface area contributed by atoms with E-state index in [1.165, 1.54) is 14.2 Å². The molecule has 2 N–H and O–H groups in total. The van der Waals surface area contributed by atoms with E-state index >= 15 is 0 Å². The summed E-state index contributed by atoms with van der Waals surface area (Å²) in [6, 6.07) is 5.12. The quantitative estimate of drug-likeness (QED) is 0.563. The van der Waals surface area contributed by atoms with Gasteiger partial charge >= 0.3 is 11.9 Å². The van der Waals surface area contributed by atoms with Crippen molar-refractivity contribution in [3.8, 4) is 0 Å². The lowest BCUT2D eigenvalue weighted by Crippen LogP contribution is -2.27. The molecular formula is C17H23N3O5. The Morgan fingerprint density at radius 1 is 1.12 bits per heavy atom. The molecule has 8 nitrogen and oxygen atoms in total. The average Bonchev–Trinajstić information content (AvgIpc) is 2.55. The first kappa shape index (κ1) is 20.2. The van der Waals surface area contributed by atoms with Crippen LogP contribution in [0.1, 0.15) is 5.56 Å². The van der Waals surface area contributed by atoms with Gasteiger partial charge in [-0.3, -0.25) is 4.79 Å². The maximum absolute atomic E-state index is 11.8. The van der Waals surface area contributed by atoms with Crippen molar-refractivity contribution in [1.29, 1.82) is 0 Å². The Labute approximate surface area is 146 Å². The van der Waals surface area contributed by atoms with Crippen molar-refractivity contribution in [1.82, 2.24) is 4.90 Å². The van der Waals surface area contributed by atoms with Gasteiger partial charge < -0.3 is 25.0 Å². The van der Waals surface area contributed by atoms with Gasteiger partial charge in [-0.15, -0.1) is 0 Å². The highest BCUT2D eigenvalue weighted by Gasteiger charge is 2.13. The molecule has 25 heavy (non-hydrogen) atoms. The molecular weight excluding hydrogens is 326 g/mol. The number of rotatable bonds is 7. The first-order chi connectivity index (χ1) is 11.8. The van der Waals surface area contributed by atoms with Crippen LogP contribution in [-0.2, 0) is 23.9 Å². The summed E-state index contributed by atoms with van der Waals surface area (Å²) in [5.41, 5.74) is 1.95. The predicted octanol–water partition coefficient (Wildman–Crippen LogP) is 1.14. The van der Waals surface area contributed by atoms with Gasteiger partial charge in [-0.2, -0.15) is 0 Å². The van der Waals surface area contributed by atoms with E-state index < -0.39 is 11.9 Å². The van der Waals surface area contributed by atoms with Crippen molar-refractivity contribution in [3.05, 3.63) is 35.5 Å². The number of carbonyl (C=O) groups excluding carboxylic acids is 3. The fourth-order valence-corrected chi connectivity index (χ4v) is 1.95. The number of hydrogen-bond donors (Lipinski definition) is 2. The van der Waals surface area contributed by atoms with Gasteiger partial charge in [0.1, 0.15) is 5.70 Å². The molecule has 1 aromatic carbocycles. The predicted molar refractivity (Wildman–Crippen MR) is 94.1 cm³/mol. The molecule has 0 bridgehead atoms. The molecule has 0 aliphatic carbocycles. The first-order valence-electron chi connectivity index (χ1n) is 7.47. The van der Waals surface area contributed by atoms with Crippen LogP contribution < -0.4 is 10.6 Å². The normalized spacial score (nSPS) is 11.0. The van der Waals surface area contributed by atoms with E-state index in [4.69, 9.17) is 0 Å². The number of esters is 2. The largest absolute Gasteiger partial charge is 0.466 e. The first-order valence-corrected chi connectivity index (χ1v) is 7.47. The lowest BCUT2D eigenvalue weighted by Gasteiger charge is -2.14. The van der Waals surface area contributed by atoms with Gasteiger partial charge in [0.2, 0.25) is 5.91 Å². The van der Waals surface area contributed by atoms with Crippen LogP contribution in [0.3, 0.4) is 0 Å². The zero-order valence-electron chi connectivity index (χ0n) is 15.0. The maximum Gasteiger partial charge on any atom is 0.354 e. The molecule has 0 heterocycles. The highest BCUT2D eigenvalue weighted by atomic mass is 16.5. The second-order valence-electron chi connectivity index (χ2n) is 5.51. The second kappa shape index (κ2) is 9.43. The third-order valence-corrected chi connectivity index (χ3v) is 3.11. The van der Waals surface area contributed by atoms with E-state index in [9.17, 15) is 14.4 Å². The van der Waals surface area contributed by atoms with Crippen LogP contribution in [0.25, 0.3) is 0 Å². The fraction of sp³-hybridized carbons (Fsp3) is 0.353. The topological polar surface area (TPSA) is 97.0 Å². The molecule has 1 aromatic rings. The molecule has 0 spiro atoms. The fourth-order valence-electron chi connectivity index (χ4n) is 1.95. The summed E-state index contributed by atoms with van der Waals surface area (Å²) in [6.45, 7) is 2.09. The summed E-state index contributed by atoms with van der Waals surface area (Å²) >= 11 is 0. The number of carbonyl (C=O) groups is 3. The molecule has 8 heteroatoms. The summed E-state index contributed by atoms with van der Waals surface area (Å²) in [7, 11) is 6.04. The van der Waals surface area contributed by atoms with Crippen molar-refractivity contribution in [2.45, 2.75) is 6.92 Å². The van der Waals surface area contributed by atoms with Gasteiger partial charge in [0.05, 0.1) is 26.8 Å². The van der Waals surface area contributed by atoms with Gasteiger partial charge in [-0.05, 0) is 44.8 Å². The number of nitrogens with one attached hydrogen (secondary N) is 2. The molecule has 1 amide bonds. The monoisotopic (exact) mass is 349 g/mol. The molecule has 0 aliphatic heterocycles. The van der Waals surface area contributed by atoms with Crippen LogP contribution in [0.15, 0.2) is 30.0 Å². The number of benzene rings is 1. The zero-order chi connectivity index (χ0) is 19.0. The highest BCUT2D eigenvalue weighted by Crippen LogP contribution is 2.21. The van der Waals surface area contributed by atoms with E-state index in [0.717, 1.165) is 11.6 Å². The number of aryl methyl sites for hydroxylation is 1. The van der Waals surface area contributed by atoms with Crippen LogP contribution in [0.2, 0.25) is 0 Å². The number of ether oxygens (including phenoxy) is 2. The van der Waals surface area contributed by atoms with Crippen molar-refractivity contribution in [3.63, 3.8) is 0 Å². The molecule has 0 fully saturated rings. The van der Waals surface area contributed by atoms with Crippen molar-refractivity contribution < 1.29 is 23.9 Å². The molecule has 0 unspecified atom stereocenters. The third-order valence-electron chi connectivity index (χ3n) is 3.11. The van der Waals surface area contributed by atoms with Crippen LogP contribution in [0.4, 0.5) is 11.4 Å². The number of hydrogen-bond acceptors (Lipinski definition) is 7. The molecule has 0 aliphatic rings. The summed E-state index contributed by atoms with van der Waals surface area (Å²) in [4.78, 5) is 36.7. The summed E-state index contributed by atoms with van der Waals surface area (Å²) in [5.74, 6) is -1.52. The van der Waals surface area contributed by atoms with Crippen molar-refractivity contribution >= 4 is 29.2 Å². The molecule has 0 atom stereocenters. The van der Waals surface area contributed by atoms with Gasteiger partial charge in [0.25, 0.3) is 0 Å². The van der Waals surface area contributed by atoms with Crippen LogP contribution in [0, 0.1) is 6.92 Å². The Hall–Kier alpha value is -2.87. The minimum atomic E-state index is -0.702. The Kier molecular flexibility index (Phi) is 7.61. The van der Waals surface area contributed by atoms with Crippen LogP contribution in [0.5, 0.6) is 0 Å². The van der Waals surface area contributed by atoms with E-state index in [2.05, 4.69) is 20.1 Å². The standard InChI is InChI=1S/C17H23N3O5/c1-11-8-12(6-7-13(11)19-15(21)10-20(2)3)18-14(17(23)25-5)9-16(22)24-4/h6-9,18H,10H2,1-5H3,(H,19,21)/b14-9+. The Balaban J connectivity index is 2.94. The summed E-state index contributed by atoms with van der Waals surface area (Å²) < 4.78 is 9.15. The molecule has 0 saturated carbocycles. The molecule has 0 aromatic heterocycles. The van der Waals surface area contributed by atoms with E-state index in [1.807, 2.05) is 6.92 Å². The Morgan fingerprint density at radius 3 is 2.32 bits per heavy atom. The average molecular weight is 349 g/mol. The Bertz CT molecular complexity index is 683. The van der Waals surface area contributed by atoms with Crippen molar-refractivity contribution in [2.75, 3.05) is 45.5 Å². The molecule has 1 rings (SSSR count). The Morgan fingerprint density at radius 2 is 1.80 bits per heavy atom. The zero-order valence-corrected chi connectivity index (χ0v) is 15.0. The van der Waals surface area contributed by atoms with Gasteiger partial charge in [0.15, 0.2) is 0 Å². The number of methoxy groups -OCH3 is 2. The third kappa shape index (κ3) is 6.64. The lowest BCUT2D eigenvalue weighted by atomic mass is 10.1. The van der Waals surface area contributed by atoms with Crippen LogP contribution >= 0.6 is 0 Å². The van der Waals surface area contributed by atoms with Gasteiger partial charge in [-0.1, -0.05) is 0 Å². The van der Waals surface area contributed by atoms with Crippen LogP contribution in [-0.4, -0.2) is 57.6 Å². The maximum atomic E-state index is 11.8. The number of anilines is 2. The smallest absolute Gasteiger partial charge is 0.354 e. The van der Waals surface area contributed by atoms with E-state index in [-0.39, 0.29) is 18.1 Å². The minimum Gasteiger partial charge on any atom is -0.466 e. The molecule has 0 saturated heterocycles. The van der Waals surface area contributed by atoms with Gasteiger partial charge in [0, 0.05) is 11.4 Å². The minimum absolute atomic E-state index is 0.0573. The second-order valence-corrected chi connectivity index (χ2v) is 5.51. The highest BCUT2D eigenvalue weighted by molar-refractivity contribution is 5.99. The van der Waals surface area contributed by atoms with E-state index in [0.29, 0.717) is 11.4 Å². The van der Waals surface area contributed by atoms with Gasteiger partial charge in [-0.25, -0.2) is 9.59 Å². The SMILES string of the molecule is COC(=O)/C=C(/Nc1ccc(NC(=O)CN(C)C)c(C)c1)C(=O)OC.